The SMILES string of the molecule is Cc1nccc(-c2noc(CCCCCN)n2)n1. The van der Waals surface area contributed by atoms with Crippen LogP contribution >= 0.6 is 0 Å². The number of nitrogens with two attached hydrogens (primary N) is 1. The minimum Gasteiger partial charge on any atom is -0.339 e. The molecule has 6 heteroatoms. The van der Waals surface area contributed by atoms with Gasteiger partial charge in [0.2, 0.25) is 11.7 Å². The zero-order valence-electron chi connectivity index (χ0n) is 10.5. The van der Waals surface area contributed by atoms with Crippen LogP contribution in [0.2, 0.25) is 0 Å². The summed E-state index contributed by atoms with van der Waals surface area (Å²) in [5, 5.41) is 3.93. The number of nitrogens with zero attached hydrogens (tertiary/aromatic N) is 4. The van der Waals surface area contributed by atoms with E-state index in [-0.39, 0.29) is 0 Å². The van der Waals surface area contributed by atoms with Crippen LogP contribution < -0.4 is 5.73 Å². The van der Waals surface area contributed by atoms with Crippen molar-refractivity contribution in [1.82, 2.24) is 20.1 Å². The van der Waals surface area contributed by atoms with Crippen LogP contribution in [0.25, 0.3) is 11.5 Å². The van der Waals surface area contributed by atoms with Crippen molar-refractivity contribution >= 4 is 0 Å². The van der Waals surface area contributed by atoms with Crippen molar-refractivity contribution in [2.24, 2.45) is 5.73 Å². The summed E-state index contributed by atoms with van der Waals surface area (Å²) >= 11 is 0. The summed E-state index contributed by atoms with van der Waals surface area (Å²) < 4.78 is 5.19. The number of hydrogen-bond donors (Lipinski definition) is 1. The Balaban J connectivity index is 1.97. The van der Waals surface area contributed by atoms with E-state index in [0.29, 0.717) is 23.2 Å². The van der Waals surface area contributed by atoms with Crippen LogP contribution in [-0.2, 0) is 6.42 Å². The summed E-state index contributed by atoms with van der Waals surface area (Å²) in [5.74, 6) is 1.87. The summed E-state index contributed by atoms with van der Waals surface area (Å²) in [5.41, 5.74) is 6.13. The van der Waals surface area contributed by atoms with Crippen molar-refractivity contribution in [2.75, 3.05) is 6.54 Å². The van der Waals surface area contributed by atoms with Gasteiger partial charge in [-0.1, -0.05) is 11.6 Å². The van der Waals surface area contributed by atoms with Gasteiger partial charge in [-0.2, -0.15) is 4.98 Å². The minimum absolute atomic E-state index is 0.523. The summed E-state index contributed by atoms with van der Waals surface area (Å²) in [6.07, 6.45) is 5.61. The molecule has 0 saturated carbocycles. The number of aromatic nitrogens is 4. The van der Waals surface area contributed by atoms with Gasteiger partial charge in [-0.25, -0.2) is 9.97 Å². The van der Waals surface area contributed by atoms with E-state index in [2.05, 4.69) is 20.1 Å². The molecule has 2 aromatic rings. The fourth-order valence-electron chi connectivity index (χ4n) is 1.64. The fraction of sp³-hybridized carbons (Fsp3) is 0.500. The summed E-state index contributed by atoms with van der Waals surface area (Å²) in [6, 6.07) is 1.77. The Morgan fingerprint density at radius 3 is 2.89 bits per heavy atom. The van der Waals surface area contributed by atoms with Gasteiger partial charge in [-0.15, -0.1) is 0 Å². The van der Waals surface area contributed by atoms with Crippen LogP contribution in [0.4, 0.5) is 0 Å². The number of unbranched alkanes of at least 4 members (excludes halogenated alkanes) is 2. The molecule has 0 saturated heterocycles. The molecule has 0 aliphatic heterocycles. The maximum absolute atomic E-state index is 5.44. The van der Waals surface area contributed by atoms with Gasteiger partial charge < -0.3 is 10.3 Å². The molecular formula is C12H17N5O. The molecule has 6 nitrogen and oxygen atoms in total. The first-order chi connectivity index (χ1) is 8.79. The standard InChI is InChI=1S/C12H17N5O/c1-9-14-8-6-10(15-9)12-16-11(18-17-12)5-3-2-4-7-13/h6,8H,2-5,7,13H2,1H3. The van der Waals surface area contributed by atoms with Crippen molar-refractivity contribution in [1.29, 1.82) is 0 Å². The van der Waals surface area contributed by atoms with Crippen molar-refractivity contribution in [2.45, 2.75) is 32.6 Å². The fourth-order valence-corrected chi connectivity index (χ4v) is 1.64. The lowest BCUT2D eigenvalue weighted by Crippen LogP contribution is -1.98. The summed E-state index contributed by atoms with van der Waals surface area (Å²) in [7, 11) is 0. The highest BCUT2D eigenvalue weighted by Gasteiger charge is 2.09. The Kier molecular flexibility index (Phi) is 4.35. The van der Waals surface area contributed by atoms with Gasteiger partial charge in [0.05, 0.1) is 0 Å². The molecule has 2 heterocycles. The molecule has 0 unspecified atom stereocenters. The zero-order valence-corrected chi connectivity index (χ0v) is 10.5. The van der Waals surface area contributed by atoms with Crippen molar-refractivity contribution in [3.05, 3.63) is 24.0 Å². The lowest BCUT2D eigenvalue weighted by Gasteiger charge is -1.94. The monoisotopic (exact) mass is 247 g/mol. The number of hydrogen-bond acceptors (Lipinski definition) is 6. The van der Waals surface area contributed by atoms with E-state index in [1.54, 1.807) is 12.3 Å². The molecule has 2 rings (SSSR count). The molecule has 0 aliphatic rings. The Hall–Kier alpha value is -1.82. The molecule has 0 radical (unpaired) electrons. The van der Waals surface area contributed by atoms with Gasteiger partial charge in [0.25, 0.3) is 0 Å². The lowest BCUT2D eigenvalue weighted by molar-refractivity contribution is 0.374. The third-order valence-corrected chi connectivity index (χ3v) is 2.57. The minimum atomic E-state index is 0.523. The second-order valence-electron chi connectivity index (χ2n) is 4.10. The first kappa shape index (κ1) is 12.6. The smallest absolute Gasteiger partial charge is 0.227 e. The summed E-state index contributed by atoms with van der Waals surface area (Å²) in [6.45, 7) is 2.56. The van der Waals surface area contributed by atoms with E-state index in [1.165, 1.54) is 0 Å². The van der Waals surface area contributed by atoms with Crippen LogP contribution in [0, 0.1) is 6.92 Å². The van der Waals surface area contributed by atoms with Crippen LogP contribution in [0.3, 0.4) is 0 Å². The van der Waals surface area contributed by atoms with Crippen LogP contribution in [0.15, 0.2) is 16.8 Å². The predicted octanol–water partition coefficient (Wildman–Crippen LogP) is 1.51. The molecule has 2 N–H and O–H groups in total. The third kappa shape index (κ3) is 3.33. The van der Waals surface area contributed by atoms with Gasteiger partial charge in [-0.05, 0) is 32.4 Å². The third-order valence-electron chi connectivity index (χ3n) is 2.57. The molecule has 0 amide bonds. The van der Waals surface area contributed by atoms with E-state index >= 15 is 0 Å². The first-order valence-electron chi connectivity index (χ1n) is 6.12. The van der Waals surface area contributed by atoms with Gasteiger partial charge in [0, 0.05) is 12.6 Å². The van der Waals surface area contributed by atoms with Crippen molar-refractivity contribution in [3.63, 3.8) is 0 Å². The Bertz CT molecular complexity index is 497. The topological polar surface area (TPSA) is 90.7 Å². The second-order valence-corrected chi connectivity index (χ2v) is 4.10. The molecule has 0 spiro atoms. The largest absolute Gasteiger partial charge is 0.339 e. The highest BCUT2D eigenvalue weighted by atomic mass is 16.5. The van der Waals surface area contributed by atoms with Gasteiger partial charge >= 0.3 is 0 Å². The number of aryl methyl sites for hydroxylation is 2. The first-order valence-corrected chi connectivity index (χ1v) is 6.12. The maximum Gasteiger partial charge on any atom is 0.227 e. The Morgan fingerprint density at radius 2 is 2.11 bits per heavy atom. The highest BCUT2D eigenvalue weighted by Crippen LogP contribution is 2.13. The van der Waals surface area contributed by atoms with Gasteiger partial charge in [0.1, 0.15) is 11.5 Å². The second kappa shape index (κ2) is 6.20. The predicted molar refractivity (Wildman–Crippen MR) is 66.7 cm³/mol. The molecule has 0 aliphatic carbocycles. The van der Waals surface area contributed by atoms with Crippen LogP contribution in [0.5, 0.6) is 0 Å². The normalized spacial score (nSPS) is 10.8. The van der Waals surface area contributed by atoms with E-state index in [9.17, 15) is 0 Å². The lowest BCUT2D eigenvalue weighted by atomic mass is 10.2. The molecule has 0 atom stereocenters. The molecule has 0 fully saturated rings. The zero-order chi connectivity index (χ0) is 12.8. The maximum atomic E-state index is 5.44. The van der Waals surface area contributed by atoms with E-state index in [0.717, 1.165) is 32.2 Å². The van der Waals surface area contributed by atoms with E-state index in [1.807, 2.05) is 6.92 Å². The van der Waals surface area contributed by atoms with Gasteiger partial charge in [-0.3, -0.25) is 0 Å². The Morgan fingerprint density at radius 1 is 1.22 bits per heavy atom. The number of rotatable bonds is 6. The van der Waals surface area contributed by atoms with Crippen molar-refractivity contribution < 1.29 is 4.52 Å². The van der Waals surface area contributed by atoms with Gasteiger partial charge in [0.15, 0.2) is 0 Å². The molecule has 0 bridgehead atoms. The molecule has 18 heavy (non-hydrogen) atoms. The van der Waals surface area contributed by atoms with Crippen molar-refractivity contribution in [3.8, 4) is 11.5 Å². The van der Waals surface area contributed by atoms with Crippen LogP contribution in [-0.4, -0.2) is 26.7 Å². The quantitative estimate of drug-likeness (QED) is 0.778. The average Bonchev–Trinajstić information content (AvgIpc) is 2.83. The molecule has 2 aromatic heterocycles. The Labute approximate surface area is 106 Å². The summed E-state index contributed by atoms with van der Waals surface area (Å²) in [4.78, 5) is 12.6. The van der Waals surface area contributed by atoms with E-state index < -0.39 is 0 Å². The molecule has 96 valence electrons. The molecular weight excluding hydrogens is 230 g/mol. The molecule has 0 aromatic carbocycles. The van der Waals surface area contributed by atoms with Crippen LogP contribution in [0.1, 0.15) is 31.0 Å². The highest BCUT2D eigenvalue weighted by molar-refractivity contribution is 5.46. The average molecular weight is 247 g/mol. The van der Waals surface area contributed by atoms with E-state index in [4.69, 9.17) is 10.3 Å².